The zero-order chi connectivity index (χ0) is 12.6. The van der Waals surface area contributed by atoms with Crippen LogP contribution >= 0.6 is 0 Å². The van der Waals surface area contributed by atoms with Gasteiger partial charge in [0.05, 0.1) is 11.9 Å². The number of sulfonamides is 1. The lowest BCUT2D eigenvalue weighted by Crippen LogP contribution is -2.41. The monoisotopic (exact) mass is 274 g/mol. The molecule has 0 spiro atoms. The van der Waals surface area contributed by atoms with Crippen molar-refractivity contribution >= 4 is 10.0 Å². The number of ether oxygens (including phenoxy) is 1. The van der Waals surface area contributed by atoms with Crippen molar-refractivity contribution in [1.82, 2.24) is 9.62 Å². The Labute approximate surface area is 109 Å². The molecule has 6 heteroatoms. The Morgan fingerprint density at radius 3 is 2.83 bits per heavy atom. The summed E-state index contributed by atoms with van der Waals surface area (Å²) in [7, 11) is -3.13. The molecule has 18 heavy (non-hydrogen) atoms. The van der Waals surface area contributed by atoms with Crippen LogP contribution in [0.5, 0.6) is 0 Å². The maximum Gasteiger partial charge on any atom is 0.216 e. The summed E-state index contributed by atoms with van der Waals surface area (Å²) in [5.74, 6) is 0.685. The summed E-state index contributed by atoms with van der Waals surface area (Å²) in [5.41, 5.74) is 0. The SMILES string of the molecule is O=S(=O)(CC1CCCO1)N1C[C@@H]2CCCN[C@@H]2C1. The van der Waals surface area contributed by atoms with Crippen molar-refractivity contribution in [3.63, 3.8) is 0 Å². The van der Waals surface area contributed by atoms with Gasteiger partial charge in [-0.2, -0.15) is 4.31 Å². The highest BCUT2D eigenvalue weighted by Gasteiger charge is 2.40. The molecule has 0 amide bonds. The van der Waals surface area contributed by atoms with E-state index in [0.29, 0.717) is 31.7 Å². The maximum atomic E-state index is 12.4. The van der Waals surface area contributed by atoms with Crippen molar-refractivity contribution in [3.8, 4) is 0 Å². The normalized spacial score (nSPS) is 37.9. The van der Waals surface area contributed by atoms with E-state index in [9.17, 15) is 8.42 Å². The second-order valence-corrected chi connectivity index (χ2v) is 7.71. The molecule has 3 aliphatic heterocycles. The van der Waals surface area contributed by atoms with Crippen LogP contribution in [0.25, 0.3) is 0 Å². The van der Waals surface area contributed by atoms with Gasteiger partial charge in [0.25, 0.3) is 0 Å². The van der Waals surface area contributed by atoms with Crippen molar-refractivity contribution in [1.29, 1.82) is 0 Å². The quantitative estimate of drug-likeness (QED) is 0.797. The number of hydrogen-bond acceptors (Lipinski definition) is 4. The Hall–Kier alpha value is -0.170. The molecule has 0 saturated carbocycles. The molecule has 3 heterocycles. The summed E-state index contributed by atoms with van der Waals surface area (Å²) in [6.45, 7) is 3.10. The van der Waals surface area contributed by atoms with Crippen LogP contribution < -0.4 is 5.32 Å². The molecule has 3 saturated heterocycles. The molecule has 1 N–H and O–H groups in total. The van der Waals surface area contributed by atoms with E-state index in [2.05, 4.69) is 5.32 Å². The topological polar surface area (TPSA) is 58.6 Å². The van der Waals surface area contributed by atoms with Crippen LogP contribution in [-0.4, -0.2) is 56.9 Å². The smallest absolute Gasteiger partial charge is 0.216 e. The molecule has 0 bridgehead atoms. The molecule has 0 radical (unpaired) electrons. The van der Waals surface area contributed by atoms with E-state index in [-0.39, 0.29) is 11.9 Å². The van der Waals surface area contributed by atoms with E-state index in [1.807, 2.05) is 0 Å². The second kappa shape index (κ2) is 5.07. The molecule has 5 nitrogen and oxygen atoms in total. The molecule has 3 aliphatic rings. The van der Waals surface area contributed by atoms with Crippen molar-refractivity contribution < 1.29 is 13.2 Å². The number of nitrogens with one attached hydrogen (secondary N) is 1. The van der Waals surface area contributed by atoms with Gasteiger partial charge < -0.3 is 10.1 Å². The fraction of sp³-hybridized carbons (Fsp3) is 1.00. The summed E-state index contributed by atoms with van der Waals surface area (Å²) in [5, 5.41) is 3.44. The van der Waals surface area contributed by atoms with Gasteiger partial charge in [0, 0.05) is 25.7 Å². The number of nitrogens with zero attached hydrogens (tertiary/aromatic N) is 1. The van der Waals surface area contributed by atoms with E-state index < -0.39 is 10.0 Å². The van der Waals surface area contributed by atoms with Gasteiger partial charge in [0.2, 0.25) is 10.0 Å². The average Bonchev–Trinajstić information content (AvgIpc) is 2.96. The lowest BCUT2D eigenvalue weighted by Gasteiger charge is -2.24. The van der Waals surface area contributed by atoms with Gasteiger partial charge in [-0.3, -0.25) is 0 Å². The van der Waals surface area contributed by atoms with E-state index in [0.717, 1.165) is 25.8 Å². The van der Waals surface area contributed by atoms with E-state index in [1.165, 1.54) is 6.42 Å². The van der Waals surface area contributed by atoms with Crippen molar-refractivity contribution in [2.75, 3.05) is 32.0 Å². The fourth-order valence-corrected chi connectivity index (χ4v) is 5.10. The summed E-state index contributed by atoms with van der Waals surface area (Å²) < 4.78 is 31.8. The molecular formula is C12H22N2O3S. The zero-order valence-electron chi connectivity index (χ0n) is 10.7. The van der Waals surface area contributed by atoms with Crippen LogP contribution in [0.1, 0.15) is 25.7 Å². The summed E-state index contributed by atoms with van der Waals surface area (Å²) in [6, 6.07) is 0.373. The minimum Gasteiger partial charge on any atom is -0.377 e. The zero-order valence-corrected chi connectivity index (χ0v) is 11.5. The lowest BCUT2D eigenvalue weighted by molar-refractivity contribution is 0.126. The first kappa shape index (κ1) is 12.8. The number of hydrogen-bond donors (Lipinski definition) is 1. The van der Waals surface area contributed by atoms with Crippen molar-refractivity contribution in [2.45, 2.75) is 37.8 Å². The Kier molecular flexibility index (Phi) is 3.62. The fourth-order valence-electron chi connectivity index (χ4n) is 3.35. The number of rotatable bonds is 3. The molecule has 104 valence electrons. The van der Waals surface area contributed by atoms with Crippen LogP contribution in [0.2, 0.25) is 0 Å². The van der Waals surface area contributed by atoms with Crippen LogP contribution in [0.4, 0.5) is 0 Å². The average molecular weight is 274 g/mol. The largest absolute Gasteiger partial charge is 0.377 e. The van der Waals surface area contributed by atoms with Gasteiger partial charge in [-0.25, -0.2) is 8.42 Å². The molecule has 1 unspecified atom stereocenters. The molecule has 3 rings (SSSR count). The summed E-state index contributed by atoms with van der Waals surface area (Å²) >= 11 is 0. The summed E-state index contributed by atoms with van der Waals surface area (Å²) in [4.78, 5) is 0. The molecule has 0 aromatic heterocycles. The Balaban J connectivity index is 1.63. The summed E-state index contributed by atoms with van der Waals surface area (Å²) in [6.07, 6.45) is 4.13. The number of piperidine rings is 1. The van der Waals surface area contributed by atoms with Gasteiger partial charge in [0.15, 0.2) is 0 Å². The Morgan fingerprint density at radius 1 is 1.22 bits per heavy atom. The molecule has 0 aromatic rings. The van der Waals surface area contributed by atoms with Gasteiger partial charge >= 0.3 is 0 Å². The van der Waals surface area contributed by atoms with Crippen LogP contribution in [0, 0.1) is 5.92 Å². The first-order chi connectivity index (χ1) is 8.65. The highest BCUT2D eigenvalue weighted by atomic mass is 32.2. The van der Waals surface area contributed by atoms with E-state index in [4.69, 9.17) is 4.74 Å². The third-order valence-corrected chi connectivity index (χ3v) is 6.26. The molecule has 3 fully saturated rings. The highest BCUT2D eigenvalue weighted by molar-refractivity contribution is 7.89. The van der Waals surface area contributed by atoms with E-state index >= 15 is 0 Å². The first-order valence-corrected chi connectivity index (χ1v) is 8.59. The minimum absolute atomic E-state index is 0.0782. The lowest BCUT2D eigenvalue weighted by atomic mass is 9.94. The van der Waals surface area contributed by atoms with Crippen LogP contribution in [0.3, 0.4) is 0 Å². The maximum absolute atomic E-state index is 12.4. The van der Waals surface area contributed by atoms with E-state index in [1.54, 1.807) is 4.31 Å². The highest BCUT2D eigenvalue weighted by Crippen LogP contribution is 2.28. The third-order valence-electron chi connectivity index (χ3n) is 4.38. The predicted octanol–water partition coefficient (Wildman–Crippen LogP) is 0.179. The van der Waals surface area contributed by atoms with Gasteiger partial charge in [0.1, 0.15) is 0 Å². The van der Waals surface area contributed by atoms with Gasteiger partial charge in [-0.1, -0.05) is 0 Å². The molecule has 0 aromatic carbocycles. The number of fused-ring (bicyclic) bond motifs is 1. The Morgan fingerprint density at radius 2 is 2.11 bits per heavy atom. The predicted molar refractivity (Wildman–Crippen MR) is 68.8 cm³/mol. The van der Waals surface area contributed by atoms with Gasteiger partial charge in [-0.15, -0.1) is 0 Å². The van der Waals surface area contributed by atoms with Crippen LogP contribution in [-0.2, 0) is 14.8 Å². The van der Waals surface area contributed by atoms with Gasteiger partial charge in [-0.05, 0) is 38.1 Å². The third kappa shape index (κ3) is 2.57. The standard InChI is InChI=1S/C12H22N2O3S/c15-18(16,9-11-4-2-6-17-11)14-7-10-3-1-5-13-12(10)8-14/h10-13H,1-9H2/t10-,11?,12+/m0/s1. The minimum atomic E-state index is -3.13. The first-order valence-electron chi connectivity index (χ1n) is 6.98. The molecular weight excluding hydrogens is 252 g/mol. The second-order valence-electron chi connectivity index (χ2n) is 5.69. The van der Waals surface area contributed by atoms with Crippen molar-refractivity contribution in [2.24, 2.45) is 5.92 Å². The van der Waals surface area contributed by atoms with Crippen LogP contribution in [0.15, 0.2) is 0 Å². The molecule has 3 atom stereocenters. The Bertz CT molecular complexity index is 378. The molecule has 0 aliphatic carbocycles. The van der Waals surface area contributed by atoms with Crippen molar-refractivity contribution in [3.05, 3.63) is 0 Å².